The van der Waals surface area contributed by atoms with E-state index in [4.69, 9.17) is 15.2 Å². The summed E-state index contributed by atoms with van der Waals surface area (Å²) in [5, 5.41) is 0. The maximum absolute atomic E-state index is 11.9. The van der Waals surface area contributed by atoms with Crippen LogP contribution in [0, 0.1) is 12.0 Å². The molecule has 0 radical (unpaired) electrons. The Bertz CT molecular complexity index is 1080. The Labute approximate surface area is 181 Å². The second-order valence-corrected chi connectivity index (χ2v) is 6.74. The molecule has 1 atom stereocenters. The molecule has 160 valence electrons. The Kier molecular flexibility index (Phi) is 7.17. The molecule has 31 heavy (non-hydrogen) atoms. The van der Waals surface area contributed by atoms with Gasteiger partial charge in [0.25, 0.3) is 0 Å². The van der Waals surface area contributed by atoms with Gasteiger partial charge in [-0.25, -0.2) is 9.59 Å². The largest absolute Gasteiger partial charge is 0.482 e. The van der Waals surface area contributed by atoms with Crippen molar-refractivity contribution in [3.8, 4) is 28.8 Å². The molecule has 2 aromatic rings. The van der Waals surface area contributed by atoms with Gasteiger partial charge in [0.15, 0.2) is 6.61 Å². The van der Waals surface area contributed by atoms with E-state index in [-0.39, 0.29) is 18.6 Å². The number of esters is 2. The Morgan fingerprint density at radius 1 is 1.29 bits per heavy atom. The number of methoxy groups -OCH3 is 1. The molecule has 0 spiro atoms. The van der Waals surface area contributed by atoms with Crippen molar-refractivity contribution in [1.82, 2.24) is 4.57 Å². The van der Waals surface area contributed by atoms with Crippen LogP contribution in [0.1, 0.15) is 24.9 Å². The number of hydrogen-bond donors (Lipinski definition) is 1. The number of allylic oxidation sites excluding steroid dienone is 2. The molecule has 1 heterocycles. The molecule has 7 nitrogen and oxygen atoms in total. The topological polar surface area (TPSA) is 92.8 Å². The van der Waals surface area contributed by atoms with Crippen molar-refractivity contribution in [3.05, 3.63) is 66.0 Å². The number of aromatic nitrogens is 1. The predicted octanol–water partition coefficient (Wildman–Crippen LogP) is 2.97. The molecule has 1 aliphatic rings. The summed E-state index contributed by atoms with van der Waals surface area (Å²) in [7, 11) is 1.31. The van der Waals surface area contributed by atoms with Crippen LogP contribution in [0.3, 0.4) is 0 Å². The van der Waals surface area contributed by atoms with E-state index in [1.165, 1.54) is 7.11 Å². The van der Waals surface area contributed by atoms with Crippen LogP contribution >= 0.6 is 0 Å². The fourth-order valence-electron chi connectivity index (χ4n) is 3.22. The third kappa shape index (κ3) is 5.37. The van der Waals surface area contributed by atoms with Crippen LogP contribution in [0.25, 0.3) is 11.1 Å². The van der Waals surface area contributed by atoms with Gasteiger partial charge >= 0.3 is 11.9 Å². The molecule has 1 unspecified atom stereocenters. The molecule has 1 aromatic heterocycles. The molecule has 0 aliphatic heterocycles. The van der Waals surface area contributed by atoms with Gasteiger partial charge < -0.3 is 24.5 Å². The first-order chi connectivity index (χ1) is 15.0. The molecule has 2 N–H and O–H groups in total. The Balaban J connectivity index is 1.84. The Morgan fingerprint density at radius 3 is 2.81 bits per heavy atom. The van der Waals surface area contributed by atoms with E-state index in [0.29, 0.717) is 24.4 Å². The maximum atomic E-state index is 11.9. The molecule has 3 rings (SSSR count). The lowest BCUT2D eigenvalue weighted by molar-refractivity contribution is -0.143. The van der Waals surface area contributed by atoms with Crippen LogP contribution < -0.4 is 10.5 Å². The molecular weight excluding hydrogens is 396 g/mol. The number of nitrogens with two attached hydrogens (primary N) is 1. The highest BCUT2D eigenvalue weighted by Crippen LogP contribution is 2.31. The summed E-state index contributed by atoms with van der Waals surface area (Å²) in [6.07, 6.45) is 10.2. The number of nitrogens with zero attached hydrogens (tertiary/aromatic N) is 1. The zero-order valence-corrected chi connectivity index (χ0v) is 17.5. The summed E-state index contributed by atoms with van der Waals surface area (Å²) in [5.41, 5.74) is 8.56. The van der Waals surface area contributed by atoms with Crippen LogP contribution in [-0.4, -0.2) is 36.8 Å². The summed E-state index contributed by atoms with van der Waals surface area (Å²) in [4.78, 5) is 23.2. The Morgan fingerprint density at radius 2 is 2.13 bits per heavy atom. The first-order valence-electron chi connectivity index (χ1n) is 9.84. The summed E-state index contributed by atoms with van der Waals surface area (Å²) in [5.74, 6) is 2.71. The first-order valence-corrected chi connectivity index (χ1v) is 9.84. The molecule has 7 heteroatoms. The van der Waals surface area contributed by atoms with Crippen molar-refractivity contribution in [2.24, 2.45) is 5.73 Å². The van der Waals surface area contributed by atoms with Crippen molar-refractivity contribution >= 4 is 11.9 Å². The summed E-state index contributed by atoms with van der Waals surface area (Å²) in [6, 6.07) is 9.87. The van der Waals surface area contributed by atoms with Gasteiger partial charge in [-0.3, -0.25) is 0 Å². The van der Waals surface area contributed by atoms with Gasteiger partial charge in [0.2, 0.25) is 0 Å². The number of carbonyl (C=O) groups excluding carboxylic acids is 2. The SMILES string of the molecule is CCOC(=O)C1=CCC(n2cc(C#CN)c(-c3cccc(OCC(=O)OC)c3)c2)C=C1. The highest BCUT2D eigenvalue weighted by atomic mass is 16.6. The number of carbonyl (C=O) groups is 2. The molecule has 0 saturated carbocycles. The second kappa shape index (κ2) is 10.2. The van der Waals surface area contributed by atoms with Gasteiger partial charge in [0.1, 0.15) is 5.75 Å². The van der Waals surface area contributed by atoms with Crippen LogP contribution in [-0.2, 0) is 19.1 Å². The van der Waals surface area contributed by atoms with E-state index in [9.17, 15) is 9.59 Å². The van der Waals surface area contributed by atoms with E-state index in [1.807, 2.05) is 47.3 Å². The van der Waals surface area contributed by atoms with E-state index in [0.717, 1.165) is 16.7 Å². The lowest BCUT2D eigenvalue weighted by Gasteiger charge is -2.17. The molecular formula is C24H24N2O5. The number of ether oxygens (including phenoxy) is 3. The zero-order valence-electron chi connectivity index (χ0n) is 17.5. The van der Waals surface area contributed by atoms with Crippen molar-refractivity contribution in [2.45, 2.75) is 19.4 Å². The van der Waals surface area contributed by atoms with Gasteiger partial charge in [-0.1, -0.05) is 24.3 Å². The van der Waals surface area contributed by atoms with E-state index >= 15 is 0 Å². The predicted molar refractivity (Wildman–Crippen MR) is 116 cm³/mol. The molecule has 0 saturated heterocycles. The van der Waals surface area contributed by atoms with Crippen molar-refractivity contribution in [3.63, 3.8) is 0 Å². The average Bonchev–Trinajstić information content (AvgIpc) is 3.22. The maximum Gasteiger partial charge on any atom is 0.343 e. The van der Waals surface area contributed by atoms with Crippen LogP contribution in [0.4, 0.5) is 0 Å². The molecule has 0 amide bonds. The monoisotopic (exact) mass is 420 g/mol. The van der Waals surface area contributed by atoms with Gasteiger partial charge in [-0.05, 0) is 43.0 Å². The fraction of sp³-hybridized carbons (Fsp3) is 0.250. The first kappa shape index (κ1) is 21.8. The van der Waals surface area contributed by atoms with Crippen molar-refractivity contribution in [1.29, 1.82) is 0 Å². The summed E-state index contributed by atoms with van der Waals surface area (Å²) >= 11 is 0. The number of rotatable bonds is 7. The van der Waals surface area contributed by atoms with Crippen LogP contribution in [0.5, 0.6) is 5.75 Å². The van der Waals surface area contributed by atoms with E-state index in [1.54, 1.807) is 19.1 Å². The van der Waals surface area contributed by atoms with Crippen molar-refractivity contribution < 1.29 is 23.8 Å². The lowest BCUT2D eigenvalue weighted by atomic mass is 10.0. The zero-order chi connectivity index (χ0) is 22.2. The molecule has 0 bridgehead atoms. The Hall–Kier alpha value is -3.92. The smallest absolute Gasteiger partial charge is 0.343 e. The van der Waals surface area contributed by atoms with Gasteiger partial charge in [0, 0.05) is 24.0 Å². The number of hydrogen-bond acceptors (Lipinski definition) is 6. The van der Waals surface area contributed by atoms with E-state index < -0.39 is 5.97 Å². The average molecular weight is 420 g/mol. The normalized spacial score (nSPS) is 14.8. The molecule has 1 aromatic carbocycles. The van der Waals surface area contributed by atoms with Gasteiger partial charge in [-0.15, -0.1) is 0 Å². The quantitative estimate of drug-likeness (QED) is 0.421. The minimum Gasteiger partial charge on any atom is -0.482 e. The minimum absolute atomic E-state index is 0.0315. The standard InChI is InChI=1S/C24H24N2O5/c1-3-30-24(28)17-7-9-20(10-8-17)26-14-19(11-12-25)22(15-26)18-5-4-6-21(13-18)31-16-23(27)29-2/h4-9,13-15,20H,3,10,16,25H2,1-2H3. The summed E-state index contributed by atoms with van der Waals surface area (Å²) < 4.78 is 17.2. The molecule has 0 fully saturated rings. The van der Waals surface area contributed by atoms with Crippen molar-refractivity contribution in [2.75, 3.05) is 20.3 Å². The summed E-state index contributed by atoms with van der Waals surface area (Å²) in [6.45, 7) is 1.96. The van der Waals surface area contributed by atoms with Crippen LogP contribution in [0.2, 0.25) is 0 Å². The van der Waals surface area contributed by atoms with Crippen LogP contribution in [0.15, 0.2) is 60.5 Å². The highest BCUT2D eigenvalue weighted by molar-refractivity contribution is 5.91. The van der Waals surface area contributed by atoms with E-state index in [2.05, 4.69) is 16.7 Å². The molecule has 1 aliphatic carbocycles. The third-order valence-corrected chi connectivity index (χ3v) is 4.75. The second-order valence-electron chi connectivity index (χ2n) is 6.74. The highest BCUT2D eigenvalue weighted by Gasteiger charge is 2.18. The lowest BCUT2D eigenvalue weighted by Crippen LogP contribution is -2.12. The fourth-order valence-corrected chi connectivity index (χ4v) is 3.22. The van der Waals surface area contributed by atoms with Gasteiger partial charge in [0.05, 0.1) is 30.9 Å². The van der Waals surface area contributed by atoms with Gasteiger partial charge in [-0.2, -0.15) is 0 Å². The number of benzene rings is 1. The third-order valence-electron chi connectivity index (χ3n) is 4.75. The minimum atomic E-state index is -0.453.